The van der Waals surface area contributed by atoms with Crippen molar-refractivity contribution in [3.8, 4) is 5.75 Å². The van der Waals surface area contributed by atoms with Gasteiger partial charge in [-0.25, -0.2) is 9.18 Å². The second-order valence-electron chi connectivity index (χ2n) is 11.1. The molecule has 2 aromatic rings. The maximum Gasteiger partial charge on any atom is 0.332 e. The number of nitrogens with zero attached hydrogens (tertiary/aromatic N) is 2. The third-order valence-corrected chi connectivity index (χ3v) is 6.36. The number of likely N-dealkylation sites (N-methyl/N-ethyl adjacent to an activating group) is 2. The molecule has 2 atom stereocenters. The quantitative estimate of drug-likeness (QED) is 0.594. The number of rotatable bonds is 4. The van der Waals surface area contributed by atoms with Crippen LogP contribution in [0.4, 0.5) is 14.9 Å². The molecule has 3 N–H and O–H groups in total. The number of carbonyl (C=O) groups is 3. The van der Waals surface area contributed by atoms with Gasteiger partial charge in [0.05, 0.1) is 0 Å². The fourth-order valence-corrected chi connectivity index (χ4v) is 4.31. The van der Waals surface area contributed by atoms with Crippen molar-refractivity contribution >= 4 is 23.5 Å². The molecule has 1 heterocycles. The highest BCUT2D eigenvalue weighted by atomic mass is 19.1. The van der Waals surface area contributed by atoms with Crippen molar-refractivity contribution in [2.24, 2.45) is 0 Å². The lowest BCUT2D eigenvalue weighted by Gasteiger charge is -2.43. The van der Waals surface area contributed by atoms with E-state index in [1.165, 1.54) is 36.2 Å². The molecule has 1 saturated heterocycles. The fraction of sp³-hybridized carbons (Fsp3) is 0.444. The monoisotopic (exact) mass is 498 g/mol. The maximum atomic E-state index is 13.5. The lowest BCUT2D eigenvalue weighted by atomic mass is 9.78. The molecule has 0 saturated carbocycles. The van der Waals surface area contributed by atoms with E-state index < -0.39 is 46.7 Å². The molecule has 0 aromatic heterocycles. The first-order chi connectivity index (χ1) is 16.6. The normalized spacial score (nSPS) is 19.0. The van der Waals surface area contributed by atoms with Gasteiger partial charge in [0.1, 0.15) is 23.8 Å². The lowest BCUT2D eigenvalue weighted by molar-refractivity contribution is -0.131. The molecule has 0 radical (unpaired) electrons. The first-order valence-electron chi connectivity index (χ1n) is 11.8. The molecule has 0 bridgehead atoms. The maximum absolute atomic E-state index is 13.5. The van der Waals surface area contributed by atoms with E-state index in [0.29, 0.717) is 16.8 Å². The highest BCUT2D eigenvalue weighted by Gasteiger charge is 2.46. The Morgan fingerprint density at radius 2 is 1.47 bits per heavy atom. The van der Waals surface area contributed by atoms with E-state index in [4.69, 9.17) is 0 Å². The number of hydrogen-bond acceptors (Lipinski definition) is 5. The van der Waals surface area contributed by atoms with Crippen molar-refractivity contribution < 1.29 is 23.9 Å². The molecule has 3 rings (SSSR count). The van der Waals surface area contributed by atoms with E-state index in [0.717, 1.165) is 4.90 Å². The molecular formula is C27H35FN4O4. The van der Waals surface area contributed by atoms with Gasteiger partial charge in [0.15, 0.2) is 0 Å². The predicted molar refractivity (Wildman–Crippen MR) is 137 cm³/mol. The number of halogens is 1. The Kier molecular flexibility index (Phi) is 7.19. The second-order valence-corrected chi connectivity index (χ2v) is 11.1. The fourth-order valence-electron chi connectivity index (χ4n) is 4.31. The number of amides is 4. The summed E-state index contributed by atoms with van der Waals surface area (Å²) < 4.78 is 13.5. The van der Waals surface area contributed by atoms with Crippen LogP contribution < -0.4 is 15.5 Å². The van der Waals surface area contributed by atoms with Gasteiger partial charge < -0.3 is 10.4 Å². The van der Waals surface area contributed by atoms with E-state index in [1.807, 2.05) is 41.5 Å². The number of aromatic hydroxyl groups is 1. The third-order valence-electron chi connectivity index (χ3n) is 6.36. The van der Waals surface area contributed by atoms with Crippen LogP contribution in [0.15, 0.2) is 36.4 Å². The lowest BCUT2D eigenvalue weighted by Crippen LogP contribution is -2.71. The SMILES string of the molecule is CNC1C(NC(=O)c2cc(C(C)(C)C)c(O)c(C(C)(C)C)c2)C(=O)N(C)C(=O)N1c1ccc(F)cc1. The van der Waals surface area contributed by atoms with Gasteiger partial charge >= 0.3 is 6.03 Å². The topological polar surface area (TPSA) is 102 Å². The minimum absolute atomic E-state index is 0.140. The summed E-state index contributed by atoms with van der Waals surface area (Å²) in [5, 5.41) is 16.7. The van der Waals surface area contributed by atoms with Crippen LogP contribution in [-0.2, 0) is 15.6 Å². The molecule has 0 aliphatic carbocycles. The minimum Gasteiger partial charge on any atom is -0.507 e. The van der Waals surface area contributed by atoms with Gasteiger partial charge in [-0.05, 0) is 54.3 Å². The Hall–Kier alpha value is -3.46. The highest BCUT2D eigenvalue weighted by Crippen LogP contribution is 2.40. The summed E-state index contributed by atoms with van der Waals surface area (Å²) in [6.45, 7) is 11.7. The summed E-state index contributed by atoms with van der Waals surface area (Å²) in [4.78, 5) is 41.9. The van der Waals surface area contributed by atoms with Gasteiger partial charge in [-0.15, -0.1) is 0 Å². The second kappa shape index (κ2) is 9.54. The predicted octanol–water partition coefficient (Wildman–Crippen LogP) is 3.87. The Bertz CT molecular complexity index is 1150. The van der Waals surface area contributed by atoms with E-state index in [9.17, 15) is 23.9 Å². The number of anilines is 1. The molecule has 4 amide bonds. The Balaban J connectivity index is 2.05. The van der Waals surface area contributed by atoms with Gasteiger partial charge in [-0.3, -0.25) is 24.7 Å². The minimum atomic E-state index is -1.12. The van der Waals surface area contributed by atoms with Gasteiger partial charge in [-0.1, -0.05) is 41.5 Å². The largest absolute Gasteiger partial charge is 0.507 e. The zero-order valence-electron chi connectivity index (χ0n) is 22.1. The zero-order valence-corrected chi connectivity index (χ0v) is 22.1. The number of benzene rings is 2. The van der Waals surface area contributed by atoms with Crippen molar-refractivity contribution in [1.82, 2.24) is 15.5 Å². The van der Waals surface area contributed by atoms with E-state index in [-0.39, 0.29) is 11.3 Å². The van der Waals surface area contributed by atoms with Crippen LogP contribution in [0.25, 0.3) is 0 Å². The van der Waals surface area contributed by atoms with Crippen molar-refractivity contribution in [2.75, 3.05) is 19.0 Å². The summed E-state index contributed by atoms with van der Waals surface area (Å²) in [6.07, 6.45) is -0.920. The molecule has 2 unspecified atom stereocenters. The molecule has 1 aliphatic rings. The Labute approximate surface area is 211 Å². The number of imide groups is 1. The van der Waals surface area contributed by atoms with E-state index in [2.05, 4.69) is 10.6 Å². The van der Waals surface area contributed by atoms with Gasteiger partial charge in [0.2, 0.25) is 0 Å². The number of hydrogen-bond donors (Lipinski definition) is 3. The Morgan fingerprint density at radius 3 is 1.92 bits per heavy atom. The number of phenols is 1. The highest BCUT2D eigenvalue weighted by molar-refractivity contribution is 6.10. The number of nitrogens with one attached hydrogen (secondary N) is 2. The smallest absolute Gasteiger partial charge is 0.332 e. The standard InChI is InChI=1S/C27H35FN4O4/c1-26(2,3)18-13-15(14-19(21(18)33)27(4,5)6)23(34)30-20-22(29-7)32(25(36)31(8)24(20)35)17-11-9-16(28)10-12-17/h9-14,20,22,29,33H,1-8H3,(H,30,34). The van der Waals surface area contributed by atoms with Crippen LogP contribution in [0.5, 0.6) is 5.75 Å². The summed E-state index contributed by atoms with van der Waals surface area (Å²) in [5.41, 5.74) is 0.995. The molecule has 36 heavy (non-hydrogen) atoms. The first kappa shape index (κ1) is 27.1. The van der Waals surface area contributed by atoms with Crippen LogP contribution in [0.3, 0.4) is 0 Å². The zero-order chi connectivity index (χ0) is 27.2. The van der Waals surface area contributed by atoms with Crippen LogP contribution in [-0.4, -0.2) is 54.2 Å². The summed E-state index contributed by atoms with van der Waals surface area (Å²) in [5.74, 6) is -1.43. The summed E-state index contributed by atoms with van der Waals surface area (Å²) in [7, 11) is 2.91. The molecule has 1 aliphatic heterocycles. The van der Waals surface area contributed by atoms with Gasteiger partial charge in [0, 0.05) is 29.4 Å². The van der Waals surface area contributed by atoms with Crippen LogP contribution >= 0.6 is 0 Å². The number of phenolic OH excluding ortho intramolecular Hbond substituents is 1. The molecule has 9 heteroatoms. The van der Waals surface area contributed by atoms with Crippen molar-refractivity contribution in [3.05, 3.63) is 58.9 Å². The third kappa shape index (κ3) is 5.06. The molecule has 2 aromatic carbocycles. The van der Waals surface area contributed by atoms with Crippen LogP contribution in [0.1, 0.15) is 63.0 Å². The van der Waals surface area contributed by atoms with Gasteiger partial charge in [0.25, 0.3) is 11.8 Å². The molecular weight excluding hydrogens is 463 g/mol. The number of carbonyl (C=O) groups excluding carboxylic acids is 3. The molecule has 1 fully saturated rings. The van der Waals surface area contributed by atoms with E-state index >= 15 is 0 Å². The summed E-state index contributed by atoms with van der Waals surface area (Å²) >= 11 is 0. The van der Waals surface area contributed by atoms with Crippen molar-refractivity contribution in [2.45, 2.75) is 64.6 Å². The number of urea groups is 1. The van der Waals surface area contributed by atoms with Crippen molar-refractivity contribution in [3.63, 3.8) is 0 Å². The Morgan fingerprint density at radius 1 is 0.972 bits per heavy atom. The average molecular weight is 499 g/mol. The molecule has 0 spiro atoms. The van der Waals surface area contributed by atoms with Crippen LogP contribution in [0.2, 0.25) is 0 Å². The molecule has 194 valence electrons. The van der Waals surface area contributed by atoms with Gasteiger partial charge in [-0.2, -0.15) is 0 Å². The average Bonchev–Trinajstić information content (AvgIpc) is 2.78. The molecule has 8 nitrogen and oxygen atoms in total. The van der Waals surface area contributed by atoms with E-state index in [1.54, 1.807) is 19.2 Å². The van der Waals surface area contributed by atoms with Crippen LogP contribution in [0, 0.1) is 5.82 Å². The van der Waals surface area contributed by atoms with Crippen molar-refractivity contribution in [1.29, 1.82) is 0 Å². The summed E-state index contributed by atoms with van der Waals surface area (Å²) in [6, 6.07) is 6.85. The first-order valence-corrected chi connectivity index (χ1v) is 11.8.